The number of methoxy groups -OCH3 is 1. The Hall–Kier alpha value is -2.79. The number of benzene rings is 1. The first kappa shape index (κ1) is 21.4. The highest BCUT2D eigenvalue weighted by molar-refractivity contribution is 5.83. The molecule has 5 atom stereocenters. The summed E-state index contributed by atoms with van der Waals surface area (Å²) in [6.45, 7) is 1.72. The fourth-order valence-corrected chi connectivity index (χ4v) is 3.87. The van der Waals surface area contributed by atoms with Crippen molar-refractivity contribution in [2.24, 2.45) is 0 Å². The number of ether oxygens (including phenoxy) is 2. The van der Waals surface area contributed by atoms with Crippen LogP contribution in [0.3, 0.4) is 0 Å². The first-order chi connectivity index (χ1) is 15.1. The third-order valence-corrected chi connectivity index (χ3v) is 5.56. The molecular formula is C21H27N5O5. The second-order valence-electron chi connectivity index (χ2n) is 7.53. The molecule has 1 saturated heterocycles. The van der Waals surface area contributed by atoms with Crippen LogP contribution < -0.4 is 10.1 Å². The number of nitrogens with zero attached hydrogens (tertiary/aromatic N) is 4. The van der Waals surface area contributed by atoms with Gasteiger partial charge in [-0.1, -0.05) is 25.5 Å². The lowest BCUT2D eigenvalue weighted by Gasteiger charge is -2.20. The van der Waals surface area contributed by atoms with Gasteiger partial charge in [0.2, 0.25) is 0 Å². The maximum absolute atomic E-state index is 10.4. The number of aliphatic hydroxyl groups excluding tert-OH is 3. The molecule has 4 rings (SSSR count). The van der Waals surface area contributed by atoms with Gasteiger partial charge in [0.15, 0.2) is 23.2 Å². The Labute approximate surface area is 179 Å². The van der Waals surface area contributed by atoms with Gasteiger partial charge < -0.3 is 30.1 Å². The van der Waals surface area contributed by atoms with Gasteiger partial charge in [0, 0.05) is 0 Å². The fourth-order valence-electron chi connectivity index (χ4n) is 3.87. The van der Waals surface area contributed by atoms with E-state index in [-0.39, 0.29) is 6.04 Å². The van der Waals surface area contributed by atoms with Gasteiger partial charge in [0.25, 0.3) is 0 Å². The highest BCUT2D eigenvalue weighted by Crippen LogP contribution is 2.33. The van der Waals surface area contributed by atoms with Gasteiger partial charge in [-0.05, 0) is 24.1 Å². The van der Waals surface area contributed by atoms with Gasteiger partial charge in [-0.3, -0.25) is 4.57 Å². The van der Waals surface area contributed by atoms with Crippen LogP contribution in [0.1, 0.15) is 37.6 Å². The Kier molecular flexibility index (Phi) is 6.33. The Morgan fingerprint density at radius 1 is 1.16 bits per heavy atom. The minimum atomic E-state index is -1.21. The summed E-state index contributed by atoms with van der Waals surface area (Å²) in [5, 5.41) is 33.2. The number of anilines is 1. The molecule has 0 saturated carbocycles. The highest BCUT2D eigenvalue weighted by Gasteiger charge is 2.44. The zero-order valence-electron chi connectivity index (χ0n) is 17.4. The van der Waals surface area contributed by atoms with Crippen LogP contribution in [-0.2, 0) is 4.74 Å². The molecule has 1 aliphatic rings. The van der Waals surface area contributed by atoms with Crippen molar-refractivity contribution >= 4 is 17.0 Å². The van der Waals surface area contributed by atoms with Crippen molar-refractivity contribution in [2.45, 2.75) is 50.3 Å². The first-order valence-electron chi connectivity index (χ1n) is 10.3. The number of hydrogen-bond donors (Lipinski definition) is 4. The number of aromatic nitrogens is 4. The summed E-state index contributed by atoms with van der Waals surface area (Å²) in [5.41, 5.74) is 2.07. The van der Waals surface area contributed by atoms with Crippen LogP contribution in [0.4, 0.5) is 5.82 Å². The minimum absolute atomic E-state index is 0.00747. The summed E-state index contributed by atoms with van der Waals surface area (Å²) in [4.78, 5) is 13.1. The summed E-state index contributed by atoms with van der Waals surface area (Å²) in [5.74, 6) is 1.35. The van der Waals surface area contributed by atoms with E-state index in [0.717, 1.165) is 24.2 Å². The van der Waals surface area contributed by atoms with Crippen LogP contribution >= 0.6 is 0 Å². The number of nitrogens with one attached hydrogen (secondary N) is 1. The maximum atomic E-state index is 10.4. The van der Waals surface area contributed by atoms with E-state index in [9.17, 15) is 15.3 Å². The second kappa shape index (κ2) is 9.15. The van der Waals surface area contributed by atoms with Crippen molar-refractivity contribution in [3.8, 4) is 5.75 Å². The lowest BCUT2D eigenvalue weighted by molar-refractivity contribution is -0.0511. The summed E-state index contributed by atoms with van der Waals surface area (Å²) in [6.07, 6.45) is 0.564. The normalized spacial score (nSPS) is 24.4. The topological polar surface area (TPSA) is 135 Å². The number of hydrogen-bond acceptors (Lipinski definition) is 9. The van der Waals surface area contributed by atoms with E-state index in [4.69, 9.17) is 9.47 Å². The van der Waals surface area contributed by atoms with E-state index in [2.05, 4.69) is 27.2 Å². The molecule has 0 aliphatic carbocycles. The summed E-state index contributed by atoms with van der Waals surface area (Å²) < 4.78 is 12.4. The molecule has 166 valence electrons. The van der Waals surface area contributed by atoms with E-state index in [0.29, 0.717) is 17.0 Å². The quantitative estimate of drug-likeness (QED) is 0.419. The molecule has 3 aromatic rings. The smallest absolute Gasteiger partial charge is 0.167 e. The molecule has 0 amide bonds. The van der Waals surface area contributed by atoms with E-state index >= 15 is 0 Å². The van der Waals surface area contributed by atoms with Crippen LogP contribution in [0.2, 0.25) is 0 Å². The SMILES string of the molecule is CCCC(Nc1ncnc2c1ncn2[C@@H]1O[C@H](CO)C(O)C1O)c1ccc(OC)cc1. The van der Waals surface area contributed by atoms with Gasteiger partial charge in [-0.2, -0.15) is 0 Å². The highest BCUT2D eigenvalue weighted by atomic mass is 16.6. The standard InChI is InChI=1S/C21H27N5O5/c1-3-4-14(12-5-7-13(30-2)8-6-12)25-19-16-20(23-10-22-19)26(11-24-16)21-18(29)17(28)15(9-27)31-21/h5-8,10-11,14-15,17-18,21,27-29H,3-4,9H2,1-2H3,(H,22,23,25)/t14?,15-,17?,18?,21-/m1/s1. The Balaban J connectivity index is 1.64. The van der Waals surface area contributed by atoms with Gasteiger partial charge >= 0.3 is 0 Å². The summed E-state index contributed by atoms with van der Waals surface area (Å²) >= 11 is 0. The van der Waals surface area contributed by atoms with Gasteiger partial charge in [0.1, 0.15) is 30.4 Å². The molecule has 2 aromatic heterocycles. The number of imidazole rings is 1. The molecule has 1 aliphatic heterocycles. The van der Waals surface area contributed by atoms with Crippen LogP contribution in [0, 0.1) is 0 Å². The predicted molar refractivity (Wildman–Crippen MR) is 113 cm³/mol. The van der Waals surface area contributed by atoms with E-state index in [1.807, 2.05) is 24.3 Å². The molecule has 10 nitrogen and oxygen atoms in total. The monoisotopic (exact) mass is 429 g/mol. The van der Waals surface area contributed by atoms with Crippen molar-refractivity contribution in [3.05, 3.63) is 42.5 Å². The number of fused-ring (bicyclic) bond motifs is 1. The first-order valence-corrected chi connectivity index (χ1v) is 10.3. The fraction of sp³-hybridized carbons (Fsp3) is 0.476. The lowest BCUT2D eigenvalue weighted by Crippen LogP contribution is -2.33. The largest absolute Gasteiger partial charge is 0.497 e. The Bertz CT molecular complexity index is 1010. The second-order valence-corrected chi connectivity index (χ2v) is 7.53. The summed E-state index contributed by atoms with van der Waals surface area (Å²) in [6, 6.07) is 7.88. The van der Waals surface area contributed by atoms with Crippen LogP contribution in [0.25, 0.3) is 11.2 Å². The van der Waals surface area contributed by atoms with Crippen LogP contribution in [0.5, 0.6) is 5.75 Å². The molecule has 0 spiro atoms. The predicted octanol–water partition coefficient (Wildman–Crippen LogP) is 1.40. The van der Waals surface area contributed by atoms with Crippen molar-refractivity contribution < 1.29 is 24.8 Å². The lowest BCUT2D eigenvalue weighted by atomic mass is 10.0. The molecule has 1 fully saturated rings. The van der Waals surface area contributed by atoms with E-state index < -0.39 is 31.1 Å². The third kappa shape index (κ3) is 4.07. The molecular weight excluding hydrogens is 402 g/mol. The van der Waals surface area contributed by atoms with Crippen molar-refractivity contribution in [1.82, 2.24) is 19.5 Å². The minimum Gasteiger partial charge on any atom is -0.497 e. The molecule has 0 bridgehead atoms. The van der Waals surface area contributed by atoms with Gasteiger partial charge in [0.05, 0.1) is 26.1 Å². The molecule has 3 heterocycles. The zero-order valence-corrected chi connectivity index (χ0v) is 17.4. The molecule has 3 unspecified atom stereocenters. The Morgan fingerprint density at radius 2 is 1.94 bits per heavy atom. The summed E-state index contributed by atoms with van der Waals surface area (Å²) in [7, 11) is 1.64. The van der Waals surface area contributed by atoms with Crippen LogP contribution in [0.15, 0.2) is 36.9 Å². The van der Waals surface area contributed by atoms with E-state index in [1.54, 1.807) is 11.7 Å². The molecule has 4 N–H and O–H groups in total. The van der Waals surface area contributed by atoms with Gasteiger partial charge in [-0.15, -0.1) is 0 Å². The van der Waals surface area contributed by atoms with Crippen molar-refractivity contribution in [2.75, 3.05) is 19.0 Å². The average Bonchev–Trinajstić information content (AvgIpc) is 3.35. The number of aliphatic hydroxyl groups is 3. The molecule has 31 heavy (non-hydrogen) atoms. The van der Waals surface area contributed by atoms with Gasteiger partial charge in [-0.25, -0.2) is 15.0 Å². The van der Waals surface area contributed by atoms with E-state index in [1.165, 1.54) is 12.7 Å². The van der Waals surface area contributed by atoms with Crippen molar-refractivity contribution in [1.29, 1.82) is 0 Å². The maximum Gasteiger partial charge on any atom is 0.167 e. The third-order valence-electron chi connectivity index (χ3n) is 5.56. The zero-order chi connectivity index (χ0) is 22.0. The van der Waals surface area contributed by atoms with Crippen LogP contribution in [-0.4, -0.2) is 66.9 Å². The van der Waals surface area contributed by atoms with Crippen molar-refractivity contribution in [3.63, 3.8) is 0 Å². The molecule has 0 radical (unpaired) electrons. The molecule has 1 aromatic carbocycles. The number of rotatable bonds is 8. The Morgan fingerprint density at radius 3 is 2.58 bits per heavy atom. The average molecular weight is 429 g/mol. The molecule has 10 heteroatoms.